The second-order valence-corrected chi connectivity index (χ2v) is 6.32. The SMILES string of the molecule is CCCCC(CC)COc1c(Br)cc(CCl)cc1OCC. The molecule has 0 aliphatic rings. The van der Waals surface area contributed by atoms with Crippen molar-refractivity contribution in [2.24, 2.45) is 5.92 Å². The molecule has 120 valence electrons. The molecule has 0 aliphatic carbocycles. The van der Waals surface area contributed by atoms with Gasteiger partial charge in [-0.15, -0.1) is 11.6 Å². The lowest BCUT2D eigenvalue weighted by Gasteiger charge is -2.19. The topological polar surface area (TPSA) is 18.5 Å². The summed E-state index contributed by atoms with van der Waals surface area (Å²) in [5, 5.41) is 0. The Kier molecular flexibility index (Phi) is 9.18. The molecule has 0 saturated carbocycles. The molecule has 1 aromatic rings. The zero-order valence-corrected chi connectivity index (χ0v) is 15.6. The first-order valence-electron chi connectivity index (χ1n) is 7.80. The molecule has 0 aromatic heterocycles. The molecule has 2 nitrogen and oxygen atoms in total. The van der Waals surface area contributed by atoms with E-state index in [1.807, 2.05) is 19.1 Å². The fourth-order valence-corrected chi connectivity index (χ4v) is 2.96. The van der Waals surface area contributed by atoms with Crippen molar-refractivity contribution >= 4 is 27.5 Å². The molecule has 0 aliphatic heterocycles. The Morgan fingerprint density at radius 3 is 2.52 bits per heavy atom. The summed E-state index contributed by atoms with van der Waals surface area (Å²) in [6.45, 7) is 7.76. The fourth-order valence-electron chi connectivity index (χ4n) is 2.20. The van der Waals surface area contributed by atoms with Crippen molar-refractivity contribution in [2.45, 2.75) is 52.3 Å². The van der Waals surface area contributed by atoms with Crippen molar-refractivity contribution in [1.82, 2.24) is 0 Å². The second-order valence-electron chi connectivity index (χ2n) is 5.20. The number of unbranched alkanes of at least 4 members (excludes halogenated alkanes) is 1. The van der Waals surface area contributed by atoms with Gasteiger partial charge in [0, 0.05) is 5.88 Å². The number of halogens is 2. The summed E-state index contributed by atoms with van der Waals surface area (Å²) in [6, 6.07) is 3.96. The van der Waals surface area contributed by atoms with E-state index in [2.05, 4.69) is 29.8 Å². The van der Waals surface area contributed by atoms with Gasteiger partial charge in [0.1, 0.15) is 0 Å². The highest BCUT2D eigenvalue weighted by Crippen LogP contribution is 2.37. The summed E-state index contributed by atoms with van der Waals surface area (Å²) < 4.78 is 12.7. The highest BCUT2D eigenvalue weighted by molar-refractivity contribution is 9.10. The summed E-state index contributed by atoms with van der Waals surface area (Å²) in [6.07, 6.45) is 4.84. The van der Waals surface area contributed by atoms with Gasteiger partial charge in [0.15, 0.2) is 11.5 Å². The van der Waals surface area contributed by atoms with E-state index in [9.17, 15) is 0 Å². The van der Waals surface area contributed by atoms with Crippen LogP contribution in [-0.4, -0.2) is 13.2 Å². The van der Waals surface area contributed by atoms with Gasteiger partial charge in [-0.2, -0.15) is 0 Å². The summed E-state index contributed by atoms with van der Waals surface area (Å²) in [5.74, 6) is 2.63. The van der Waals surface area contributed by atoms with Crippen LogP contribution in [0.3, 0.4) is 0 Å². The van der Waals surface area contributed by atoms with Crippen LogP contribution in [-0.2, 0) is 5.88 Å². The van der Waals surface area contributed by atoms with Gasteiger partial charge in [-0.25, -0.2) is 0 Å². The third kappa shape index (κ3) is 6.07. The summed E-state index contributed by atoms with van der Waals surface area (Å²) in [4.78, 5) is 0. The minimum absolute atomic E-state index is 0.465. The Balaban J connectivity index is 2.80. The number of ether oxygens (including phenoxy) is 2. The van der Waals surface area contributed by atoms with Crippen molar-refractivity contribution in [1.29, 1.82) is 0 Å². The normalized spacial score (nSPS) is 12.2. The minimum atomic E-state index is 0.465. The number of benzene rings is 1. The average molecular weight is 378 g/mol. The predicted molar refractivity (Wildman–Crippen MR) is 93.7 cm³/mol. The van der Waals surface area contributed by atoms with Crippen molar-refractivity contribution < 1.29 is 9.47 Å². The Labute approximate surface area is 142 Å². The van der Waals surface area contributed by atoms with E-state index in [1.54, 1.807) is 0 Å². The molecule has 0 spiro atoms. The smallest absolute Gasteiger partial charge is 0.175 e. The molecule has 0 amide bonds. The van der Waals surface area contributed by atoms with Crippen molar-refractivity contribution in [2.75, 3.05) is 13.2 Å². The van der Waals surface area contributed by atoms with Crippen LogP contribution in [0.1, 0.15) is 52.0 Å². The molecule has 1 atom stereocenters. The third-order valence-corrected chi connectivity index (χ3v) is 4.43. The quantitative estimate of drug-likeness (QED) is 0.453. The maximum Gasteiger partial charge on any atom is 0.175 e. The molecule has 0 heterocycles. The lowest BCUT2D eigenvalue weighted by atomic mass is 10.0. The zero-order valence-electron chi connectivity index (χ0n) is 13.3. The first-order valence-corrected chi connectivity index (χ1v) is 9.12. The molecule has 0 fully saturated rings. The van der Waals surface area contributed by atoms with Gasteiger partial charge < -0.3 is 9.47 Å². The van der Waals surface area contributed by atoms with Crippen LogP contribution in [0.2, 0.25) is 0 Å². The Hall–Kier alpha value is -0.410. The Bertz CT molecular complexity index is 423. The zero-order chi connectivity index (χ0) is 15.7. The lowest BCUT2D eigenvalue weighted by molar-refractivity contribution is 0.218. The second kappa shape index (κ2) is 10.3. The van der Waals surface area contributed by atoms with E-state index in [1.165, 1.54) is 19.3 Å². The third-order valence-electron chi connectivity index (χ3n) is 3.53. The fraction of sp³-hybridized carbons (Fsp3) is 0.647. The number of hydrogen-bond acceptors (Lipinski definition) is 2. The van der Waals surface area contributed by atoms with Gasteiger partial charge in [-0.3, -0.25) is 0 Å². The molecular formula is C17H26BrClO2. The van der Waals surface area contributed by atoms with Crippen molar-refractivity contribution in [3.8, 4) is 11.5 Å². The predicted octanol–water partition coefficient (Wildman–Crippen LogP) is 6.18. The maximum atomic E-state index is 6.06. The molecule has 21 heavy (non-hydrogen) atoms. The first-order chi connectivity index (χ1) is 10.2. The Morgan fingerprint density at radius 1 is 1.19 bits per heavy atom. The van der Waals surface area contributed by atoms with Gasteiger partial charge in [-0.05, 0) is 52.9 Å². The standard InChI is InChI=1S/C17H26BrClO2/c1-4-7-8-13(5-2)12-21-17-15(18)9-14(11-19)10-16(17)20-6-3/h9-10,13H,4-8,11-12H2,1-3H3. The maximum absolute atomic E-state index is 6.06. The van der Waals surface area contributed by atoms with E-state index >= 15 is 0 Å². The first kappa shape index (κ1) is 18.6. The van der Waals surface area contributed by atoms with Crippen LogP contribution in [0.25, 0.3) is 0 Å². The molecule has 4 heteroatoms. The van der Waals surface area contributed by atoms with Crippen LogP contribution in [0.15, 0.2) is 16.6 Å². The van der Waals surface area contributed by atoms with Gasteiger partial charge >= 0.3 is 0 Å². The van der Waals surface area contributed by atoms with Crippen molar-refractivity contribution in [3.63, 3.8) is 0 Å². The highest BCUT2D eigenvalue weighted by atomic mass is 79.9. The minimum Gasteiger partial charge on any atom is -0.490 e. The lowest BCUT2D eigenvalue weighted by Crippen LogP contribution is -2.12. The van der Waals surface area contributed by atoms with Crippen molar-refractivity contribution in [3.05, 3.63) is 22.2 Å². The van der Waals surface area contributed by atoms with Gasteiger partial charge in [0.05, 0.1) is 17.7 Å². The van der Waals surface area contributed by atoms with Crippen LogP contribution < -0.4 is 9.47 Å². The summed E-state index contributed by atoms with van der Waals surface area (Å²) in [5.41, 5.74) is 1.03. The van der Waals surface area contributed by atoms with Gasteiger partial charge in [0.2, 0.25) is 0 Å². The molecule has 0 radical (unpaired) electrons. The van der Waals surface area contributed by atoms with E-state index in [-0.39, 0.29) is 0 Å². The summed E-state index contributed by atoms with van der Waals surface area (Å²) >= 11 is 9.48. The van der Waals surface area contributed by atoms with E-state index in [4.69, 9.17) is 21.1 Å². The number of hydrogen-bond donors (Lipinski definition) is 0. The molecule has 1 unspecified atom stereocenters. The average Bonchev–Trinajstić information content (AvgIpc) is 2.49. The van der Waals surface area contributed by atoms with Gasteiger partial charge in [-0.1, -0.05) is 33.1 Å². The van der Waals surface area contributed by atoms with Gasteiger partial charge in [0.25, 0.3) is 0 Å². The monoisotopic (exact) mass is 376 g/mol. The molecule has 0 bridgehead atoms. The largest absolute Gasteiger partial charge is 0.490 e. The van der Waals surface area contributed by atoms with Crippen LogP contribution in [0, 0.1) is 5.92 Å². The Morgan fingerprint density at radius 2 is 1.95 bits per heavy atom. The van der Waals surface area contributed by atoms with E-state index in [0.29, 0.717) is 18.4 Å². The molecule has 0 N–H and O–H groups in total. The molecule has 1 aromatic carbocycles. The number of rotatable bonds is 10. The van der Waals surface area contributed by atoms with Crippen LogP contribution >= 0.6 is 27.5 Å². The molecule has 1 rings (SSSR count). The van der Waals surface area contributed by atoms with Crippen LogP contribution in [0.5, 0.6) is 11.5 Å². The molecule has 0 saturated heterocycles. The van der Waals surface area contributed by atoms with E-state index < -0.39 is 0 Å². The van der Waals surface area contributed by atoms with E-state index in [0.717, 1.165) is 34.6 Å². The summed E-state index contributed by atoms with van der Waals surface area (Å²) in [7, 11) is 0. The van der Waals surface area contributed by atoms with Crippen LogP contribution in [0.4, 0.5) is 0 Å². The highest BCUT2D eigenvalue weighted by Gasteiger charge is 2.14. The number of alkyl halides is 1. The molecular weight excluding hydrogens is 352 g/mol.